The van der Waals surface area contributed by atoms with Crippen molar-refractivity contribution in [1.29, 1.82) is 0 Å². The number of benzene rings is 1. The largest absolute Gasteiger partial charge is 0.339 e. The zero-order valence-corrected chi connectivity index (χ0v) is 18.2. The molecule has 1 saturated heterocycles. The fourth-order valence-electron chi connectivity index (χ4n) is 3.95. The number of rotatable bonds is 7. The molecule has 0 bridgehead atoms. The lowest BCUT2D eigenvalue weighted by atomic mass is 9.96. The lowest BCUT2D eigenvalue weighted by molar-refractivity contribution is -0.138. The Hall–Kier alpha value is -2.74. The topological polar surface area (TPSA) is 91.6 Å². The van der Waals surface area contributed by atoms with Gasteiger partial charge in [-0.1, -0.05) is 30.3 Å². The first-order valence-corrected chi connectivity index (χ1v) is 10.6. The van der Waals surface area contributed by atoms with Crippen molar-refractivity contribution in [1.82, 2.24) is 19.9 Å². The number of nitrogens with zero attached hydrogens (tertiary/aromatic N) is 4. The zero-order chi connectivity index (χ0) is 21.7. The highest BCUT2D eigenvalue weighted by molar-refractivity contribution is 5.95. The van der Waals surface area contributed by atoms with Gasteiger partial charge in [0, 0.05) is 19.3 Å². The van der Waals surface area contributed by atoms with E-state index in [2.05, 4.69) is 20.4 Å². The minimum Gasteiger partial charge on any atom is -0.339 e. The third-order valence-corrected chi connectivity index (χ3v) is 5.68. The van der Waals surface area contributed by atoms with Gasteiger partial charge in [-0.2, -0.15) is 4.98 Å². The second kappa shape index (κ2) is 9.84. The predicted molar refractivity (Wildman–Crippen MR) is 114 cm³/mol. The van der Waals surface area contributed by atoms with E-state index in [1.165, 1.54) is 4.90 Å². The molecule has 2 aromatic rings. The van der Waals surface area contributed by atoms with Crippen LogP contribution in [0.3, 0.4) is 0 Å². The second-order valence-electron chi connectivity index (χ2n) is 7.94. The summed E-state index contributed by atoms with van der Waals surface area (Å²) >= 11 is 0. The third kappa shape index (κ3) is 5.24. The molecule has 3 rings (SSSR count). The molecule has 1 N–H and O–H groups in total. The first-order chi connectivity index (χ1) is 14.4. The molecular formula is C22H31N5O3. The summed E-state index contributed by atoms with van der Waals surface area (Å²) < 4.78 is 5.33. The average Bonchev–Trinajstić information content (AvgIpc) is 3.19. The van der Waals surface area contributed by atoms with E-state index < -0.39 is 0 Å². The summed E-state index contributed by atoms with van der Waals surface area (Å²) in [4.78, 5) is 33.4. The Morgan fingerprint density at radius 2 is 2.13 bits per heavy atom. The molecule has 2 amide bonds. The molecule has 1 fully saturated rings. The van der Waals surface area contributed by atoms with E-state index >= 15 is 0 Å². The predicted octanol–water partition coefficient (Wildman–Crippen LogP) is 2.61. The number of amides is 2. The van der Waals surface area contributed by atoms with Crippen LogP contribution in [0.1, 0.15) is 49.9 Å². The van der Waals surface area contributed by atoms with E-state index in [4.69, 9.17) is 4.52 Å². The minimum atomic E-state index is -0.322. The summed E-state index contributed by atoms with van der Waals surface area (Å²) in [5.74, 6) is 1.13. The third-order valence-electron chi connectivity index (χ3n) is 5.68. The van der Waals surface area contributed by atoms with E-state index in [0.29, 0.717) is 18.3 Å². The number of nitrogens with one attached hydrogen (secondary N) is 1. The Morgan fingerprint density at radius 3 is 2.83 bits per heavy atom. The van der Waals surface area contributed by atoms with Crippen molar-refractivity contribution < 1.29 is 14.1 Å². The number of aromatic nitrogens is 2. The Morgan fingerprint density at radius 1 is 1.37 bits per heavy atom. The Kier molecular flexibility index (Phi) is 7.20. The Balaban J connectivity index is 1.56. The van der Waals surface area contributed by atoms with Crippen molar-refractivity contribution in [3.63, 3.8) is 0 Å². The summed E-state index contributed by atoms with van der Waals surface area (Å²) in [7, 11) is 1.67. The maximum Gasteiger partial charge on any atom is 0.243 e. The standard InChI is InChI=1S/C22H31N5O3/c1-5-17-9-6-7-11-19(17)24-20(28)14-26(4)22(29)15(2)27-12-8-10-18(13-27)21-23-16(3)25-30-21/h6-7,9,11,15,18H,5,8,10,12-14H2,1-4H3,(H,24,28). The molecular weight excluding hydrogens is 382 g/mol. The summed E-state index contributed by atoms with van der Waals surface area (Å²) in [6, 6.07) is 7.40. The molecule has 30 heavy (non-hydrogen) atoms. The van der Waals surface area contributed by atoms with Crippen LogP contribution in [-0.4, -0.2) is 64.5 Å². The number of anilines is 1. The van der Waals surface area contributed by atoms with E-state index in [-0.39, 0.29) is 30.3 Å². The smallest absolute Gasteiger partial charge is 0.243 e. The summed E-state index contributed by atoms with van der Waals surface area (Å²) in [6.45, 7) is 7.29. The normalized spacial score (nSPS) is 18.1. The number of para-hydroxylation sites is 1. The first kappa shape index (κ1) is 22.0. The number of hydrogen-bond donors (Lipinski definition) is 1. The molecule has 1 aliphatic heterocycles. The van der Waals surface area contributed by atoms with Gasteiger partial charge in [0.2, 0.25) is 17.7 Å². The van der Waals surface area contributed by atoms with Gasteiger partial charge in [0.05, 0.1) is 18.5 Å². The quantitative estimate of drug-likeness (QED) is 0.750. The first-order valence-electron chi connectivity index (χ1n) is 10.6. The lowest BCUT2D eigenvalue weighted by Crippen LogP contribution is -2.50. The van der Waals surface area contributed by atoms with Gasteiger partial charge in [-0.25, -0.2) is 0 Å². The molecule has 1 aromatic carbocycles. The molecule has 1 aliphatic rings. The number of likely N-dealkylation sites (N-methyl/N-ethyl adjacent to an activating group) is 1. The van der Waals surface area contributed by atoms with E-state index in [0.717, 1.165) is 37.1 Å². The van der Waals surface area contributed by atoms with Gasteiger partial charge >= 0.3 is 0 Å². The molecule has 2 unspecified atom stereocenters. The number of carbonyl (C=O) groups excluding carboxylic acids is 2. The van der Waals surface area contributed by atoms with Crippen LogP contribution in [-0.2, 0) is 16.0 Å². The monoisotopic (exact) mass is 413 g/mol. The van der Waals surface area contributed by atoms with Crippen LogP contribution in [0.25, 0.3) is 0 Å². The maximum absolute atomic E-state index is 13.0. The Labute approximate surface area is 177 Å². The average molecular weight is 414 g/mol. The van der Waals surface area contributed by atoms with E-state index in [1.54, 1.807) is 14.0 Å². The van der Waals surface area contributed by atoms with Crippen molar-refractivity contribution in [3.8, 4) is 0 Å². The number of hydrogen-bond acceptors (Lipinski definition) is 6. The van der Waals surface area contributed by atoms with E-state index in [1.807, 2.05) is 38.1 Å². The molecule has 1 aromatic heterocycles. The van der Waals surface area contributed by atoms with Gasteiger partial charge in [0.1, 0.15) is 0 Å². The van der Waals surface area contributed by atoms with Crippen molar-refractivity contribution in [2.24, 2.45) is 0 Å². The van der Waals surface area contributed by atoms with Crippen LogP contribution >= 0.6 is 0 Å². The molecule has 0 aliphatic carbocycles. The van der Waals surface area contributed by atoms with Crippen LogP contribution in [0.5, 0.6) is 0 Å². The van der Waals surface area contributed by atoms with Gasteiger partial charge in [-0.05, 0) is 51.3 Å². The number of carbonyl (C=O) groups is 2. The minimum absolute atomic E-state index is 0.0152. The molecule has 0 saturated carbocycles. The molecule has 2 heterocycles. The van der Waals surface area contributed by atoms with Gasteiger partial charge in [0.15, 0.2) is 5.82 Å². The number of aryl methyl sites for hydroxylation is 2. The fraction of sp³-hybridized carbons (Fsp3) is 0.545. The number of piperidine rings is 1. The second-order valence-corrected chi connectivity index (χ2v) is 7.94. The van der Waals surface area contributed by atoms with Crippen LogP contribution in [0.4, 0.5) is 5.69 Å². The molecule has 8 nitrogen and oxygen atoms in total. The van der Waals surface area contributed by atoms with Crippen molar-refractivity contribution in [3.05, 3.63) is 41.5 Å². The maximum atomic E-state index is 13.0. The van der Waals surface area contributed by atoms with Crippen LogP contribution in [0.15, 0.2) is 28.8 Å². The highest BCUT2D eigenvalue weighted by Crippen LogP contribution is 2.27. The SMILES string of the molecule is CCc1ccccc1NC(=O)CN(C)C(=O)C(C)N1CCCC(c2nc(C)no2)C1. The van der Waals surface area contributed by atoms with Gasteiger partial charge in [-0.3, -0.25) is 14.5 Å². The fourth-order valence-corrected chi connectivity index (χ4v) is 3.95. The molecule has 162 valence electrons. The highest BCUT2D eigenvalue weighted by atomic mass is 16.5. The molecule has 0 radical (unpaired) electrons. The van der Waals surface area contributed by atoms with E-state index in [9.17, 15) is 9.59 Å². The van der Waals surface area contributed by atoms with Gasteiger partial charge < -0.3 is 14.7 Å². The van der Waals surface area contributed by atoms with Gasteiger partial charge in [0.25, 0.3) is 0 Å². The van der Waals surface area contributed by atoms with Crippen molar-refractivity contribution >= 4 is 17.5 Å². The van der Waals surface area contributed by atoms with Gasteiger partial charge in [-0.15, -0.1) is 0 Å². The van der Waals surface area contributed by atoms with Crippen LogP contribution < -0.4 is 5.32 Å². The molecule has 0 spiro atoms. The highest BCUT2D eigenvalue weighted by Gasteiger charge is 2.32. The Bertz CT molecular complexity index is 881. The molecule has 8 heteroatoms. The summed E-state index contributed by atoms with van der Waals surface area (Å²) in [5.41, 5.74) is 1.87. The summed E-state index contributed by atoms with van der Waals surface area (Å²) in [5, 5.41) is 6.80. The van der Waals surface area contributed by atoms with Crippen molar-refractivity contribution in [2.75, 3.05) is 32.0 Å². The summed E-state index contributed by atoms with van der Waals surface area (Å²) in [6.07, 6.45) is 2.76. The van der Waals surface area contributed by atoms with Crippen LogP contribution in [0.2, 0.25) is 0 Å². The lowest BCUT2D eigenvalue weighted by Gasteiger charge is -2.36. The molecule has 2 atom stereocenters. The number of likely N-dealkylation sites (tertiary alicyclic amines) is 1. The van der Waals surface area contributed by atoms with Crippen LogP contribution in [0, 0.1) is 6.92 Å². The zero-order valence-electron chi connectivity index (χ0n) is 18.2. The van der Waals surface area contributed by atoms with Crippen molar-refractivity contribution in [2.45, 2.75) is 52.0 Å².